The topological polar surface area (TPSA) is 65.2 Å². The first-order chi connectivity index (χ1) is 10.7. The van der Waals surface area contributed by atoms with Gasteiger partial charge < -0.3 is 10.6 Å². The zero-order valence-corrected chi connectivity index (χ0v) is 13.8. The Labute approximate surface area is 142 Å². The minimum absolute atomic E-state index is 0. The molecule has 0 aliphatic carbocycles. The van der Waals surface area contributed by atoms with Crippen LogP contribution in [0, 0.1) is 11.7 Å². The van der Waals surface area contributed by atoms with Gasteiger partial charge in [-0.05, 0) is 56.0 Å². The van der Waals surface area contributed by atoms with E-state index in [1.807, 2.05) is 0 Å². The van der Waals surface area contributed by atoms with Crippen LogP contribution in [-0.2, 0) is 4.79 Å². The SMILES string of the molecule is Cl.O=C(NCCC1CCNC1)C1CC(c2ccc(F)cc2)NN1. The van der Waals surface area contributed by atoms with Crippen LogP contribution in [0.15, 0.2) is 24.3 Å². The van der Waals surface area contributed by atoms with Gasteiger partial charge in [0, 0.05) is 12.6 Å². The number of nitrogens with one attached hydrogen (secondary N) is 4. The molecule has 3 atom stereocenters. The van der Waals surface area contributed by atoms with E-state index in [2.05, 4.69) is 21.5 Å². The maximum absolute atomic E-state index is 12.9. The fraction of sp³-hybridized carbons (Fsp3) is 0.562. The largest absolute Gasteiger partial charge is 0.355 e. The normalized spacial score (nSPS) is 26.7. The van der Waals surface area contributed by atoms with Crippen molar-refractivity contribution in [3.05, 3.63) is 35.6 Å². The molecule has 2 aliphatic rings. The number of rotatable bonds is 5. The quantitative estimate of drug-likeness (QED) is 0.651. The number of hydrazine groups is 1. The summed E-state index contributed by atoms with van der Waals surface area (Å²) in [5.74, 6) is 0.468. The minimum Gasteiger partial charge on any atom is -0.355 e. The lowest BCUT2D eigenvalue weighted by atomic mass is 10.0. The summed E-state index contributed by atoms with van der Waals surface area (Å²) in [5, 5.41) is 6.34. The molecule has 128 valence electrons. The Morgan fingerprint density at radius 2 is 2.04 bits per heavy atom. The van der Waals surface area contributed by atoms with Gasteiger partial charge >= 0.3 is 0 Å². The van der Waals surface area contributed by atoms with Crippen molar-refractivity contribution >= 4 is 18.3 Å². The average Bonchev–Trinajstić information content (AvgIpc) is 3.19. The van der Waals surface area contributed by atoms with Crippen molar-refractivity contribution in [1.82, 2.24) is 21.5 Å². The molecule has 23 heavy (non-hydrogen) atoms. The van der Waals surface area contributed by atoms with E-state index in [0.29, 0.717) is 12.3 Å². The van der Waals surface area contributed by atoms with Crippen LogP contribution in [0.2, 0.25) is 0 Å². The molecular weight excluding hydrogens is 319 g/mol. The van der Waals surface area contributed by atoms with Crippen LogP contribution in [0.25, 0.3) is 0 Å². The van der Waals surface area contributed by atoms with Gasteiger partial charge in [0.15, 0.2) is 0 Å². The molecule has 2 aliphatic heterocycles. The van der Waals surface area contributed by atoms with Gasteiger partial charge in [-0.1, -0.05) is 12.1 Å². The molecule has 0 bridgehead atoms. The second kappa shape index (κ2) is 8.59. The molecule has 0 radical (unpaired) electrons. The summed E-state index contributed by atoms with van der Waals surface area (Å²) in [6, 6.07) is 6.19. The van der Waals surface area contributed by atoms with Gasteiger partial charge in [-0.3, -0.25) is 4.79 Å². The fourth-order valence-corrected chi connectivity index (χ4v) is 3.13. The predicted octanol–water partition coefficient (Wildman–Crippen LogP) is 1.27. The second-order valence-electron chi connectivity index (χ2n) is 6.12. The summed E-state index contributed by atoms with van der Waals surface area (Å²) in [4.78, 5) is 12.2. The van der Waals surface area contributed by atoms with Crippen LogP contribution in [0.4, 0.5) is 4.39 Å². The number of carbonyl (C=O) groups excluding carboxylic acids is 1. The van der Waals surface area contributed by atoms with Crippen molar-refractivity contribution in [2.24, 2.45) is 5.92 Å². The summed E-state index contributed by atoms with van der Waals surface area (Å²) >= 11 is 0. The first kappa shape index (κ1) is 18.1. The summed E-state index contributed by atoms with van der Waals surface area (Å²) < 4.78 is 12.9. The Balaban J connectivity index is 0.00000192. The Hall–Kier alpha value is -1.21. The van der Waals surface area contributed by atoms with Crippen molar-refractivity contribution in [3.63, 3.8) is 0 Å². The molecule has 2 saturated heterocycles. The zero-order valence-electron chi connectivity index (χ0n) is 13.0. The van der Waals surface area contributed by atoms with Gasteiger partial charge in [-0.25, -0.2) is 15.2 Å². The molecule has 0 spiro atoms. The molecule has 2 fully saturated rings. The van der Waals surface area contributed by atoms with E-state index in [1.165, 1.54) is 18.6 Å². The summed E-state index contributed by atoms with van der Waals surface area (Å²) in [6.07, 6.45) is 2.90. The van der Waals surface area contributed by atoms with E-state index < -0.39 is 0 Å². The van der Waals surface area contributed by atoms with Crippen LogP contribution >= 0.6 is 12.4 Å². The molecule has 4 N–H and O–H groups in total. The standard InChI is InChI=1S/C16H23FN4O.ClH/c17-13-3-1-12(2-4-13)14-9-15(21-20-14)16(22)19-8-6-11-5-7-18-10-11;/h1-4,11,14-15,18,20-21H,5-10H2,(H,19,22);1H. The highest BCUT2D eigenvalue weighted by atomic mass is 35.5. The summed E-state index contributed by atoms with van der Waals surface area (Å²) in [5.41, 5.74) is 7.13. The van der Waals surface area contributed by atoms with E-state index in [1.54, 1.807) is 12.1 Å². The van der Waals surface area contributed by atoms with E-state index in [9.17, 15) is 9.18 Å². The average molecular weight is 343 g/mol. The Morgan fingerprint density at radius 3 is 2.74 bits per heavy atom. The molecule has 5 nitrogen and oxygen atoms in total. The summed E-state index contributed by atoms with van der Waals surface area (Å²) in [7, 11) is 0. The molecule has 1 aromatic carbocycles. The minimum atomic E-state index is -0.245. The highest BCUT2D eigenvalue weighted by molar-refractivity contribution is 5.85. The maximum Gasteiger partial charge on any atom is 0.238 e. The lowest BCUT2D eigenvalue weighted by molar-refractivity contribution is -0.122. The number of benzene rings is 1. The van der Waals surface area contributed by atoms with E-state index in [4.69, 9.17) is 0 Å². The predicted molar refractivity (Wildman–Crippen MR) is 89.7 cm³/mol. The Kier molecular flexibility index (Phi) is 6.77. The third-order valence-corrected chi connectivity index (χ3v) is 4.51. The highest BCUT2D eigenvalue weighted by Gasteiger charge is 2.30. The van der Waals surface area contributed by atoms with Crippen molar-refractivity contribution in [2.45, 2.75) is 31.3 Å². The molecule has 1 aromatic rings. The molecule has 3 unspecified atom stereocenters. The van der Waals surface area contributed by atoms with Gasteiger partial charge in [0.25, 0.3) is 0 Å². The first-order valence-corrected chi connectivity index (χ1v) is 7.97. The molecule has 0 saturated carbocycles. The Morgan fingerprint density at radius 1 is 1.26 bits per heavy atom. The van der Waals surface area contributed by atoms with Crippen molar-refractivity contribution in [3.8, 4) is 0 Å². The molecular formula is C16H24ClFN4O. The smallest absolute Gasteiger partial charge is 0.238 e. The number of amides is 1. The molecule has 3 rings (SSSR count). The van der Waals surface area contributed by atoms with E-state index in [0.717, 1.165) is 31.6 Å². The number of halogens is 2. The van der Waals surface area contributed by atoms with Gasteiger partial charge in [0.2, 0.25) is 5.91 Å². The molecule has 0 aromatic heterocycles. The van der Waals surface area contributed by atoms with Crippen molar-refractivity contribution < 1.29 is 9.18 Å². The highest BCUT2D eigenvalue weighted by Crippen LogP contribution is 2.22. The third-order valence-electron chi connectivity index (χ3n) is 4.51. The van der Waals surface area contributed by atoms with Crippen LogP contribution in [-0.4, -0.2) is 31.6 Å². The maximum atomic E-state index is 12.9. The Bertz CT molecular complexity index is 507. The third kappa shape index (κ3) is 4.88. The zero-order chi connectivity index (χ0) is 15.4. The number of hydrogen-bond acceptors (Lipinski definition) is 4. The molecule has 7 heteroatoms. The first-order valence-electron chi connectivity index (χ1n) is 7.97. The van der Waals surface area contributed by atoms with Crippen LogP contribution < -0.4 is 21.5 Å². The summed E-state index contributed by atoms with van der Waals surface area (Å²) in [6.45, 7) is 2.88. The number of carbonyl (C=O) groups is 1. The van der Waals surface area contributed by atoms with Crippen molar-refractivity contribution in [2.75, 3.05) is 19.6 Å². The van der Waals surface area contributed by atoms with Crippen LogP contribution in [0.3, 0.4) is 0 Å². The number of hydrogen-bond donors (Lipinski definition) is 4. The van der Waals surface area contributed by atoms with Crippen LogP contribution in [0.5, 0.6) is 0 Å². The fourth-order valence-electron chi connectivity index (χ4n) is 3.13. The second-order valence-corrected chi connectivity index (χ2v) is 6.12. The molecule has 1 amide bonds. The lowest BCUT2D eigenvalue weighted by Gasteiger charge is -2.12. The van der Waals surface area contributed by atoms with Crippen LogP contribution in [0.1, 0.15) is 30.9 Å². The van der Waals surface area contributed by atoms with E-state index in [-0.39, 0.29) is 36.2 Å². The van der Waals surface area contributed by atoms with E-state index >= 15 is 0 Å². The van der Waals surface area contributed by atoms with Gasteiger partial charge in [-0.15, -0.1) is 12.4 Å². The van der Waals surface area contributed by atoms with Gasteiger partial charge in [0.05, 0.1) is 0 Å². The monoisotopic (exact) mass is 342 g/mol. The van der Waals surface area contributed by atoms with Gasteiger partial charge in [-0.2, -0.15) is 0 Å². The molecule has 2 heterocycles. The van der Waals surface area contributed by atoms with Crippen molar-refractivity contribution in [1.29, 1.82) is 0 Å². The lowest BCUT2D eigenvalue weighted by Crippen LogP contribution is -2.43. The van der Waals surface area contributed by atoms with Gasteiger partial charge in [0.1, 0.15) is 11.9 Å².